The lowest BCUT2D eigenvalue weighted by Crippen LogP contribution is -2.32. The summed E-state index contributed by atoms with van der Waals surface area (Å²) < 4.78 is 6.75. The lowest BCUT2D eigenvalue weighted by molar-refractivity contribution is 0.0980. The molecule has 1 amide bonds. The van der Waals surface area contributed by atoms with E-state index in [4.69, 9.17) is 4.52 Å². The molecule has 0 aromatic carbocycles. The molecule has 0 saturated heterocycles. The molecule has 0 aliphatic carbocycles. The van der Waals surface area contributed by atoms with E-state index in [1.54, 1.807) is 35.0 Å². The third-order valence-electron chi connectivity index (χ3n) is 3.68. The minimum atomic E-state index is -0.174. The summed E-state index contributed by atoms with van der Waals surface area (Å²) in [6, 6.07) is 3.95. The first-order valence-electron chi connectivity index (χ1n) is 7.97. The molecule has 0 atom stereocenters. The van der Waals surface area contributed by atoms with Crippen LogP contribution in [0.2, 0.25) is 0 Å². The third kappa shape index (κ3) is 3.21. The standard InChI is InChI=1S/C16H19N7O2/c1-4-18-16-20-13(21-25-16)14-19-10-12(22(14)3)15(24)23(5-2)11-7-6-8-17-9-11/h6-10H,4-5H2,1-3H3,(H,18,20,21). The topological polar surface area (TPSA) is 102 Å². The molecule has 0 aliphatic rings. The number of pyridine rings is 1. The SMILES string of the molecule is CCNc1nc(-c2ncc(C(=O)N(CC)c3cccnc3)n2C)no1. The van der Waals surface area contributed by atoms with Crippen molar-refractivity contribution in [3.8, 4) is 11.6 Å². The fourth-order valence-electron chi connectivity index (χ4n) is 2.45. The van der Waals surface area contributed by atoms with Crippen molar-refractivity contribution in [2.45, 2.75) is 13.8 Å². The summed E-state index contributed by atoms with van der Waals surface area (Å²) in [5.41, 5.74) is 1.15. The van der Waals surface area contributed by atoms with Gasteiger partial charge in [0.15, 0.2) is 5.82 Å². The van der Waals surface area contributed by atoms with E-state index < -0.39 is 0 Å². The van der Waals surface area contributed by atoms with Crippen molar-refractivity contribution in [3.63, 3.8) is 0 Å². The molecule has 3 aromatic rings. The fraction of sp³-hybridized carbons (Fsp3) is 0.312. The number of hydrogen-bond donors (Lipinski definition) is 1. The summed E-state index contributed by atoms with van der Waals surface area (Å²) in [6.07, 6.45) is 4.84. The van der Waals surface area contributed by atoms with Crippen LogP contribution in [0.4, 0.5) is 11.7 Å². The molecule has 130 valence electrons. The first-order chi connectivity index (χ1) is 12.2. The van der Waals surface area contributed by atoms with E-state index in [1.165, 1.54) is 6.20 Å². The lowest BCUT2D eigenvalue weighted by Gasteiger charge is -2.20. The van der Waals surface area contributed by atoms with Gasteiger partial charge in [0.1, 0.15) is 5.69 Å². The van der Waals surface area contributed by atoms with Crippen LogP contribution in [0.15, 0.2) is 35.2 Å². The Morgan fingerprint density at radius 2 is 2.20 bits per heavy atom. The Hall–Kier alpha value is -3.23. The summed E-state index contributed by atoms with van der Waals surface area (Å²) in [5.74, 6) is 0.604. The van der Waals surface area contributed by atoms with Gasteiger partial charge in [-0.25, -0.2) is 4.98 Å². The molecule has 0 saturated carbocycles. The van der Waals surface area contributed by atoms with Crippen molar-refractivity contribution in [1.29, 1.82) is 0 Å². The molecule has 0 unspecified atom stereocenters. The maximum atomic E-state index is 12.9. The van der Waals surface area contributed by atoms with E-state index in [0.717, 1.165) is 5.69 Å². The predicted octanol–water partition coefficient (Wildman–Crippen LogP) is 1.96. The number of carbonyl (C=O) groups is 1. The van der Waals surface area contributed by atoms with Crippen molar-refractivity contribution in [2.24, 2.45) is 7.05 Å². The lowest BCUT2D eigenvalue weighted by atomic mass is 10.3. The van der Waals surface area contributed by atoms with Crippen LogP contribution >= 0.6 is 0 Å². The second kappa shape index (κ2) is 7.12. The molecule has 3 aromatic heterocycles. The fourth-order valence-corrected chi connectivity index (χ4v) is 2.45. The Morgan fingerprint density at radius 1 is 1.36 bits per heavy atom. The number of anilines is 2. The molecule has 0 radical (unpaired) electrons. The molecule has 0 fully saturated rings. The van der Waals surface area contributed by atoms with Crippen LogP contribution < -0.4 is 10.2 Å². The molecule has 0 spiro atoms. The van der Waals surface area contributed by atoms with Crippen LogP contribution in [0, 0.1) is 0 Å². The molecule has 25 heavy (non-hydrogen) atoms. The zero-order valence-corrected chi connectivity index (χ0v) is 14.3. The first kappa shape index (κ1) is 16.6. The van der Waals surface area contributed by atoms with Gasteiger partial charge in [-0.1, -0.05) is 5.16 Å². The van der Waals surface area contributed by atoms with Gasteiger partial charge in [0.2, 0.25) is 5.82 Å². The van der Waals surface area contributed by atoms with Gasteiger partial charge in [-0.2, -0.15) is 4.98 Å². The summed E-state index contributed by atoms with van der Waals surface area (Å²) in [6.45, 7) is 5.02. The Bertz CT molecular complexity index is 857. The number of nitrogens with one attached hydrogen (secondary N) is 1. The first-order valence-corrected chi connectivity index (χ1v) is 7.97. The van der Waals surface area contributed by atoms with Crippen molar-refractivity contribution in [1.82, 2.24) is 24.7 Å². The Balaban J connectivity index is 1.90. The van der Waals surface area contributed by atoms with E-state index in [1.807, 2.05) is 19.9 Å². The largest absolute Gasteiger partial charge is 0.338 e. The van der Waals surface area contributed by atoms with Gasteiger partial charge in [-0.05, 0) is 26.0 Å². The Kier molecular flexibility index (Phi) is 4.73. The van der Waals surface area contributed by atoms with E-state index in [-0.39, 0.29) is 5.91 Å². The summed E-state index contributed by atoms with van der Waals surface area (Å²) in [4.78, 5) is 27.1. The van der Waals surface area contributed by atoms with Crippen molar-refractivity contribution in [2.75, 3.05) is 23.3 Å². The van der Waals surface area contributed by atoms with Crippen molar-refractivity contribution >= 4 is 17.6 Å². The van der Waals surface area contributed by atoms with Crippen LogP contribution in [0.25, 0.3) is 11.6 Å². The molecular weight excluding hydrogens is 322 g/mol. The van der Waals surface area contributed by atoms with E-state index in [2.05, 4.69) is 25.4 Å². The second-order valence-electron chi connectivity index (χ2n) is 5.24. The molecule has 1 N–H and O–H groups in total. The number of amides is 1. The van der Waals surface area contributed by atoms with Gasteiger partial charge in [-0.15, -0.1) is 0 Å². The molecule has 3 heterocycles. The average Bonchev–Trinajstić information content (AvgIpc) is 3.23. The van der Waals surface area contributed by atoms with E-state index in [9.17, 15) is 4.79 Å². The van der Waals surface area contributed by atoms with Gasteiger partial charge < -0.3 is 19.3 Å². The maximum Gasteiger partial charge on any atom is 0.321 e. The van der Waals surface area contributed by atoms with E-state index in [0.29, 0.717) is 36.4 Å². The highest BCUT2D eigenvalue weighted by atomic mass is 16.5. The monoisotopic (exact) mass is 341 g/mol. The maximum absolute atomic E-state index is 12.9. The zero-order chi connectivity index (χ0) is 17.8. The van der Waals surface area contributed by atoms with Crippen LogP contribution in [0.3, 0.4) is 0 Å². The van der Waals surface area contributed by atoms with Crippen LogP contribution in [-0.4, -0.2) is 43.7 Å². The average molecular weight is 341 g/mol. The highest BCUT2D eigenvalue weighted by Crippen LogP contribution is 2.20. The Morgan fingerprint density at radius 3 is 2.88 bits per heavy atom. The van der Waals surface area contributed by atoms with E-state index >= 15 is 0 Å². The summed E-state index contributed by atoms with van der Waals surface area (Å²) in [5, 5.41) is 6.83. The van der Waals surface area contributed by atoms with Crippen LogP contribution in [0.1, 0.15) is 24.3 Å². The van der Waals surface area contributed by atoms with Crippen LogP contribution in [0.5, 0.6) is 0 Å². The minimum Gasteiger partial charge on any atom is -0.338 e. The highest BCUT2D eigenvalue weighted by Gasteiger charge is 2.23. The number of hydrogen-bond acceptors (Lipinski definition) is 7. The number of imidazole rings is 1. The number of rotatable bonds is 6. The highest BCUT2D eigenvalue weighted by molar-refractivity contribution is 6.05. The summed E-state index contributed by atoms with van der Waals surface area (Å²) in [7, 11) is 1.75. The molecular formula is C16H19N7O2. The molecule has 9 heteroatoms. The normalized spacial score (nSPS) is 10.7. The molecule has 3 rings (SSSR count). The minimum absolute atomic E-state index is 0.174. The van der Waals surface area contributed by atoms with Gasteiger partial charge in [0, 0.05) is 26.3 Å². The van der Waals surface area contributed by atoms with Gasteiger partial charge >= 0.3 is 6.01 Å². The number of nitrogens with zero attached hydrogens (tertiary/aromatic N) is 6. The number of aromatic nitrogens is 5. The van der Waals surface area contributed by atoms with Gasteiger partial charge in [-0.3, -0.25) is 9.78 Å². The van der Waals surface area contributed by atoms with Crippen molar-refractivity contribution in [3.05, 3.63) is 36.4 Å². The number of carbonyl (C=O) groups excluding carboxylic acids is 1. The van der Waals surface area contributed by atoms with Crippen LogP contribution in [-0.2, 0) is 7.05 Å². The van der Waals surface area contributed by atoms with Gasteiger partial charge in [0.25, 0.3) is 5.91 Å². The zero-order valence-electron chi connectivity index (χ0n) is 14.3. The molecule has 0 aliphatic heterocycles. The Labute approximate surface area is 144 Å². The van der Waals surface area contributed by atoms with Crippen molar-refractivity contribution < 1.29 is 9.32 Å². The quantitative estimate of drug-likeness (QED) is 0.731. The second-order valence-corrected chi connectivity index (χ2v) is 5.24. The smallest absolute Gasteiger partial charge is 0.321 e. The summed E-state index contributed by atoms with van der Waals surface area (Å²) >= 11 is 0. The predicted molar refractivity (Wildman–Crippen MR) is 92.3 cm³/mol. The third-order valence-corrected chi connectivity index (χ3v) is 3.68. The van der Waals surface area contributed by atoms with Gasteiger partial charge in [0.05, 0.1) is 18.1 Å². The molecule has 0 bridgehead atoms. The molecule has 9 nitrogen and oxygen atoms in total.